The van der Waals surface area contributed by atoms with Crippen molar-refractivity contribution < 1.29 is 0 Å². The van der Waals surface area contributed by atoms with Gasteiger partial charge in [0, 0.05) is 25.2 Å². The van der Waals surface area contributed by atoms with E-state index in [0.717, 1.165) is 6.42 Å². The SMILES string of the molecule is C=C(C)CC(=C)N1CCCC1. The second-order valence-corrected chi connectivity index (χ2v) is 3.39. The van der Waals surface area contributed by atoms with Gasteiger partial charge in [-0.05, 0) is 19.8 Å². The molecule has 0 bridgehead atoms. The van der Waals surface area contributed by atoms with E-state index in [9.17, 15) is 0 Å². The molecule has 0 radical (unpaired) electrons. The highest BCUT2D eigenvalue weighted by Crippen LogP contribution is 2.17. The highest BCUT2D eigenvalue weighted by molar-refractivity contribution is 5.07. The lowest BCUT2D eigenvalue weighted by atomic mass is 10.2. The van der Waals surface area contributed by atoms with Crippen LogP contribution in [0.2, 0.25) is 0 Å². The van der Waals surface area contributed by atoms with Crippen molar-refractivity contribution in [3.05, 3.63) is 24.4 Å². The largest absolute Gasteiger partial charge is 0.375 e. The van der Waals surface area contributed by atoms with Crippen LogP contribution in [0.1, 0.15) is 26.2 Å². The van der Waals surface area contributed by atoms with Gasteiger partial charge in [0.05, 0.1) is 0 Å². The Morgan fingerprint density at radius 2 is 1.82 bits per heavy atom. The molecule has 0 aromatic rings. The van der Waals surface area contributed by atoms with Gasteiger partial charge in [0.25, 0.3) is 0 Å². The third-order valence-electron chi connectivity index (χ3n) is 2.06. The number of nitrogens with zero attached hydrogens (tertiary/aromatic N) is 1. The molecule has 0 atom stereocenters. The number of likely N-dealkylation sites (tertiary alicyclic amines) is 1. The van der Waals surface area contributed by atoms with Gasteiger partial charge in [-0.3, -0.25) is 0 Å². The van der Waals surface area contributed by atoms with Crippen molar-refractivity contribution in [2.24, 2.45) is 0 Å². The minimum atomic E-state index is 0.972. The fourth-order valence-electron chi connectivity index (χ4n) is 1.49. The Hall–Kier alpha value is -0.720. The van der Waals surface area contributed by atoms with Gasteiger partial charge >= 0.3 is 0 Å². The topological polar surface area (TPSA) is 3.24 Å². The lowest BCUT2D eigenvalue weighted by Crippen LogP contribution is -2.17. The summed E-state index contributed by atoms with van der Waals surface area (Å²) in [5.41, 5.74) is 2.46. The van der Waals surface area contributed by atoms with Crippen molar-refractivity contribution in [1.29, 1.82) is 0 Å². The van der Waals surface area contributed by atoms with Gasteiger partial charge in [-0.1, -0.05) is 18.7 Å². The van der Waals surface area contributed by atoms with Crippen LogP contribution in [0, 0.1) is 0 Å². The zero-order valence-corrected chi connectivity index (χ0v) is 7.40. The summed E-state index contributed by atoms with van der Waals surface area (Å²) in [7, 11) is 0. The smallest absolute Gasteiger partial charge is 0.0175 e. The maximum Gasteiger partial charge on any atom is 0.0175 e. The quantitative estimate of drug-likeness (QED) is 0.560. The minimum Gasteiger partial charge on any atom is -0.375 e. The molecule has 0 aromatic heterocycles. The fraction of sp³-hybridized carbons (Fsp3) is 0.600. The van der Waals surface area contributed by atoms with E-state index < -0.39 is 0 Å². The summed E-state index contributed by atoms with van der Waals surface area (Å²) in [4.78, 5) is 2.37. The van der Waals surface area contributed by atoms with Gasteiger partial charge in [-0.15, -0.1) is 0 Å². The molecule has 1 aliphatic heterocycles. The summed E-state index contributed by atoms with van der Waals surface area (Å²) in [6.45, 7) is 12.4. The van der Waals surface area contributed by atoms with Gasteiger partial charge in [0.2, 0.25) is 0 Å². The molecule has 0 amide bonds. The zero-order valence-electron chi connectivity index (χ0n) is 7.40. The Bertz CT molecular complexity index is 164. The lowest BCUT2D eigenvalue weighted by Gasteiger charge is -2.20. The molecule has 1 saturated heterocycles. The van der Waals surface area contributed by atoms with Crippen LogP contribution >= 0.6 is 0 Å². The Morgan fingerprint density at radius 3 is 2.27 bits per heavy atom. The van der Waals surface area contributed by atoms with Crippen molar-refractivity contribution >= 4 is 0 Å². The Labute approximate surface area is 69.4 Å². The molecule has 1 heterocycles. The first-order valence-electron chi connectivity index (χ1n) is 4.27. The molecular weight excluding hydrogens is 134 g/mol. The first kappa shape index (κ1) is 8.38. The maximum atomic E-state index is 4.04. The summed E-state index contributed by atoms with van der Waals surface area (Å²) in [5, 5.41) is 0. The number of hydrogen-bond acceptors (Lipinski definition) is 1. The molecule has 1 rings (SSSR count). The highest BCUT2D eigenvalue weighted by atomic mass is 15.1. The molecule has 0 unspecified atom stereocenters. The summed E-state index contributed by atoms with van der Waals surface area (Å²) < 4.78 is 0. The molecule has 0 saturated carbocycles. The van der Waals surface area contributed by atoms with Crippen molar-refractivity contribution in [3.8, 4) is 0 Å². The average molecular weight is 151 g/mol. The van der Waals surface area contributed by atoms with E-state index >= 15 is 0 Å². The predicted molar refractivity (Wildman–Crippen MR) is 49.4 cm³/mol. The van der Waals surface area contributed by atoms with Gasteiger partial charge in [0.15, 0.2) is 0 Å². The molecule has 1 nitrogen and oxygen atoms in total. The van der Waals surface area contributed by atoms with Crippen LogP contribution in [0.25, 0.3) is 0 Å². The van der Waals surface area contributed by atoms with Crippen LogP contribution in [-0.2, 0) is 0 Å². The molecule has 0 N–H and O–H groups in total. The highest BCUT2D eigenvalue weighted by Gasteiger charge is 2.12. The van der Waals surface area contributed by atoms with Crippen molar-refractivity contribution in [1.82, 2.24) is 4.90 Å². The summed E-state index contributed by atoms with van der Waals surface area (Å²) >= 11 is 0. The minimum absolute atomic E-state index is 0.972. The maximum absolute atomic E-state index is 4.04. The van der Waals surface area contributed by atoms with Gasteiger partial charge in [0.1, 0.15) is 0 Å². The Morgan fingerprint density at radius 1 is 1.27 bits per heavy atom. The van der Waals surface area contributed by atoms with Gasteiger partial charge in [-0.2, -0.15) is 0 Å². The fourth-order valence-corrected chi connectivity index (χ4v) is 1.49. The van der Waals surface area contributed by atoms with Gasteiger partial charge < -0.3 is 4.90 Å². The van der Waals surface area contributed by atoms with Crippen LogP contribution < -0.4 is 0 Å². The van der Waals surface area contributed by atoms with E-state index in [2.05, 4.69) is 25.0 Å². The van der Waals surface area contributed by atoms with Crippen molar-refractivity contribution in [3.63, 3.8) is 0 Å². The Balaban J connectivity index is 2.34. The first-order valence-corrected chi connectivity index (χ1v) is 4.27. The van der Waals surface area contributed by atoms with Crippen molar-refractivity contribution in [2.45, 2.75) is 26.2 Å². The average Bonchev–Trinajstić information content (AvgIpc) is 2.35. The number of allylic oxidation sites excluding steroid dienone is 1. The van der Waals surface area contributed by atoms with Gasteiger partial charge in [-0.25, -0.2) is 0 Å². The molecular formula is C10H17N. The zero-order chi connectivity index (χ0) is 8.27. The number of rotatable bonds is 3. The molecule has 0 aliphatic carbocycles. The molecule has 62 valence electrons. The first-order chi connectivity index (χ1) is 5.20. The van der Waals surface area contributed by atoms with E-state index in [4.69, 9.17) is 0 Å². The molecule has 1 aliphatic rings. The molecule has 1 fully saturated rings. The summed E-state index contributed by atoms with van der Waals surface area (Å²) in [6, 6.07) is 0. The van der Waals surface area contributed by atoms with E-state index in [-0.39, 0.29) is 0 Å². The van der Waals surface area contributed by atoms with Crippen LogP contribution in [0.3, 0.4) is 0 Å². The standard InChI is InChI=1S/C10H17N/c1-9(2)8-10(3)11-6-4-5-7-11/h1,3-8H2,2H3. The van der Waals surface area contributed by atoms with Crippen LogP contribution in [0.4, 0.5) is 0 Å². The monoisotopic (exact) mass is 151 g/mol. The normalized spacial score (nSPS) is 17.0. The summed E-state index contributed by atoms with van der Waals surface area (Å²) in [6.07, 6.45) is 3.63. The Kier molecular flexibility index (Phi) is 2.75. The third-order valence-corrected chi connectivity index (χ3v) is 2.06. The van der Waals surface area contributed by atoms with Crippen LogP contribution in [0.15, 0.2) is 24.4 Å². The number of hydrogen-bond donors (Lipinski definition) is 0. The summed E-state index contributed by atoms with van der Waals surface area (Å²) in [5.74, 6) is 0. The van der Waals surface area contributed by atoms with Crippen molar-refractivity contribution in [2.75, 3.05) is 13.1 Å². The second kappa shape index (κ2) is 3.61. The predicted octanol–water partition coefficient (Wildman–Crippen LogP) is 2.56. The molecule has 0 spiro atoms. The molecule has 1 heteroatoms. The second-order valence-electron chi connectivity index (χ2n) is 3.39. The van der Waals surface area contributed by atoms with E-state index in [1.807, 2.05) is 0 Å². The van der Waals surface area contributed by atoms with E-state index in [1.165, 1.54) is 37.2 Å². The van der Waals surface area contributed by atoms with E-state index in [1.54, 1.807) is 0 Å². The molecule has 0 aromatic carbocycles. The van der Waals surface area contributed by atoms with Crippen LogP contribution in [-0.4, -0.2) is 18.0 Å². The van der Waals surface area contributed by atoms with E-state index in [0.29, 0.717) is 0 Å². The van der Waals surface area contributed by atoms with Crippen LogP contribution in [0.5, 0.6) is 0 Å². The lowest BCUT2D eigenvalue weighted by molar-refractivity contribution is 0.418. The third kappa shape index (κ3) is 2.41. The molecule has 11 heavy (non-hydrogen) atoms.